The Morgan fingerprint density at radius 2 is 0.679 bits per heavy atom. The summed E-state index contributed by atoms with van der Waals surface area (Å²) >= 11 is 0. The smallest absolute Gasteiger partial charge is 0.378 e. The predicted molar refractivity (Wildman–Crippen MR) is 143 cm³/mol. The van der Waals surface area contributed by atoms with E-state index in [4.69, 9.17) is 0 Å². The lowest BCUT2D eigenvalue weighted by atomic mass is 10.1. The van der Waals surface area contributed by atoms with Crippen LogP contribution in [0.5, 0.6) is 5.75 Å². The summed E-state index contributed by atoms with van der Waals surface area (Å²) in [4.78, 5) is -2.43. The second-order valence-electron chi connectivity index (χ2n) is 10.0. The van der Waals surface area contributed by atoms with Gasteiger partial charge in [-0.3, -0.25) is 0 Å². The molecular weight excluding hydrogens is 846 g/mol. The average Bonchev–Trinajstić information content (AvgIpc) is 3.03. The molecule has 3 rings (SSSR count). The molecule has 0 aliphatic heterocycles. The highest BCUT2D eigenvalue weighted by atomic mass is 32.3. The summed E-state index contributed by atoms with van der Waals surface area (Å²) in [6, 6.07) is 9.80. The van der Waals surface area contributed by atoms with Crippen LogP contribution in [-0.2, 0) is 23.9 Å². The van der Waals surface area contributed by atoms with Crippen molar-refractivity contribution in [3.05, 3.63) is 84.9 Å². The summed E-state index contributed by atoms with van der Waals surface area (Å²) < 4.78 is 302. The molecule has 3 aromatic rings. The van der Waals surface area contributed by atoms with Crippen LogP contribution in [0, 0.1) is 0 Å². The topological polar surface area (TPSA) is 86.7 Å². The summed E-state index contributed by atoms with van der Waals surface area (Å²) in [5, 5.41) is -14.8. The van der Waals surface area contributed by atoms with Gasteiger partial charge in [0.15, 0.2) is 0 Å². The molecule has 0 saturated carbocycles. The van der Waals surface area contributed by atoms with Crippen molar-refractivity contribution in [2.75, 3.05) is 0 Å². The molecule has 0 aliphatic carbocycles. The van der Waals surface area contributed by atoms with Crippen molar-refractivity contribution >= 4 is 30.5 Å². The fourth-order valence-corrected chi connectivity index (χ4v) is 9.96. The summed E-state index contributed by atoms with van der Waals surface area (Å²) in [5.74, 6) is -32.7. The Labute approximate surface area is 286 Å². The van der Waals surface area contributed by atoms with Gasteiger partial charge in [-0.15, -0.1) is 0 Å². The van der Waals surface area contributed by atoms with Crippen molar-refractivity contribution in [2.24, 2.45) is 0 Å². The van der Waals surface area contributed by atoms with Crippen molar-refractivity contribution in [1.29, 1.82) is 0 Å². The van der Waals surface area contributed by atoms with Crippen LogP contribution in [0.1, 0.15) is 0 Å². The van der Waals surface area contributed by atoms with Gasteiger partial charge in [0.25, 0.3) is 0 Å². The molecule has 0 bridgehead atoms. The molecule has 6 nitrogen and oxygen atoms in total. The molecule has 0 heterocycles. The molecule has 0 aliphatic rings. The van der Waals surface area contributed by atoms with Gasteiger partial charge in [-0.2, -0.15) is 95.9 Å². The minimum absolute atomic E-state index is 0.0111. The van der Waals surface area contributed by atoms with Gasteiger partial charge in [-0.05, 0) is 58.8 Å². The van der Waals surface area contributed by atoms with Gasteiger partial charge in [0.1, 0.15) is 5.75 Å². The zero-order chi connectivity index (χ0) is 41.1. The van der Waals surface area contributed by atoms with E-state index in [-0.39, 0.29) is 24.3 Å². The van der Waals surface area contributed by atoms with Crippen LogP contribution >= 0.6 is 10.3 Å². The third-order valence-corrected chi connectivity index (χ3v) is 13.1. The molecule has 53 heavy (non-hydrogen) atoms. The Bertz CT molecular complexity index is 1950. The van der Waals surface area contributed by atoms with E-state index in [0.717, 1.165) is 60.7 Å². The molecule has 3 aromatic carbocycles. The minimum Gasteiger partial charge on any atom is -0.378 e. The molecule has 0 fully saturated rings. The first-order valence-electron chi connectivity index (χ1n) is 12.9. The van der Waals surface area contributed by atoms with E-state index in [1.54, 1.807) is 0 Å². The Balaban J connectivity index is 2.28. The van der Waals surface area contributed by atoms with E-state index < -0.39 is 97.5 Å². The van der Waals surface area contributed by atoms with E-state index >= 15 is 0 Å². The van der Waals surface area contributed by atoms with Gasteiger partial charge in [0.2, 0.25) is 0 Å². The summed E-state index contributed by atoms with van der Waals surface area (Å²) in [6.45, 7) is 0. The first-order valence-corrected chi connectivity index (χ1v) is 17.3. The zero-order valence-electron chi connectivity index (χ0n) is 24.6. The fourth-order valence-electron chi connectivity index (χ4n) is 3.83. The summed E-state index contributed by atoms with van der Waals surface area (Å²) in [6.07, 6.45) is -14.9. The molecule has 27 heteroatoms. The lowest BCUT2D eigenvalue weighted by Crippen LogP contribution is -2.63. The van der Waals surface area contributed by atoms with Gasteiger partial charge in [-0.1, -0.05) is 36.4 Å². The highest BCUT2D eigenvalue weighted by molar-refractivity contribution is 8.33. The summed E-state index contributed by atoms with van der Waals surface area (Å²) in [5.41, 5.74) is 0. The standard InChI is InChI=1S/C26H14F18O6S3/c27-19(28,23(35,36)37)21(31,32)25(41,42)52(45,46)49-15-11-13-18(14-12-15)51(16-7-3-1-4-8-16,17-9-5-2-6-10-17)50-53(47,48)26(43,44)22(33,34)20(29,30)24(38,39)40/h1-14H. The normalized spacial score (nSPS) is 15.3. The minimum atomic E-state index is -7.81. The van der Waals surface area contributed by atoms with Crippen molar-refractivity contribution < 1.29 is 104 Å². The fraction of sp³-hybridized carbons (Fsp3) is 0.308. The van der Waals surface area contributed by atoms with E-state index in [9.17, 15) is 95.9 Å². The number of hydrogen-bond acceptors (Lipinski definition) is 6. The molecular formula is C26H14F18O6S3. The van der Waals surface area contributed by atoms with E-state index in [2.05, 4.69) is 7.81 Å². The average molecular weight is 861 g/mol. The number of benzene rings is 3. The Hall–Kier alpha value is -3.59. The highest BCUT2D eigenvalue weighted by Gasteiger charge is 2.87. The SMILES string of the molecule is O=S(=O)(Oc1ccc(S(OS(=O)(=O)C(F)(F)C(F)(F)C(F)(F)C(F)(F)F)(c2ccccc2)c2ccccc2)cc1)C(F)(F)C(F)(F)C(F)(F)C(F)(F)F. The highest BCUT2D eigenvalue weighted by Crippen LogP contribution is 2.71. The van der Waals surface area contributed by atoms with Crippen molar-refractivity contribution in [3.63, 3.8) is 0 Å². The van der Waals surface area contributed by atoms with E-state index in [0.29, 0.717) is 0 Å². The van der Waals surface area contributed by atoms with Crippen molar-refractivity contribution in [1.82, 2.24) is 0 Å². The molecule has 0 amide bonds. The van der Waals surface area contributed by atoms with Gasteiger partial charge in [0.05, 0.1) is 0 Å². The van der Waals surface area contributed by atoms with Crippen LogP contribution in [0.25, 0.3) is 0 Å². The molecule has 0 N–H and O–H groups in total. The number of hydrogen-bond donors (Lipinski definition) is 0. The van der Waals surface area contributed by atoms with Crippen molar-refractivity contribution in [2.45, 2.75) is 61.2 Å². The van der Waals surface area contributed by atoms with Crippen LogP contribution in [0.2, 0.25) is 0 Å². The molecule has 0 saturated heterocycles. The van der Waals surface area contributed by atoms with Crippen LogP contribution in [-0.4, -0.2) is 63.4 Å². The molecule has 0 atom stereocenters. The van der Waals surface area contributed by atoms with Crippen LogP contribution in [0.3, 0.4) is 0 Å². The maximum atomic E-state index is 14.9. The third-order valence-electron chi connectivity index (χ3n) is 6.56. The van der Waals surface area contributed by atoms with Gasteiger partial charge in [-0.25, -0.2) is 3.63 Å². The number of halogens is 18. The Morgan fingerprint density at radius 3 is 1.00 bits per heavy atom. The maximum Gasteiger partial charge on any atom is 0.460 e. The number of rotatable bonds is 13. The van der Waals surface area contributed by atoms with E-state index in [1.807, 2.05) is 0 Å². The first kappa shape index (κ1) is 43.8. The molecule has 298 valence electrons. The summed E-state index contributed by atoms with van der Waals surface area (Å²) in [7, 11) is -20.1. The molecule has 0 spiro atoms. The predicted octanol–water partition coefficient (Wildman–Crippen LogP) is 9.79. The second kappa shape index (κ2) is 13.3. The van der Waals surface area contributed by atoms with Gasteiger partial charge < -0.3 is 4.18 Å². The largest absolute Gasteiger partial charge is 0.460 e. The number of alkyl halides is 18. The second-order valence-corrected chi connectivity index (χ2v) is 16.1. The zero-order valence-corrected chi connectivity index (χ0v) is 27.0. The maximum absolute atomic E-state index is 14.9. The molecule has 0 radical (unpaired) electrons. The van der Waals surface area contributed by atoms with Gasteiger partial charge in [0, 0.05) is 14.7 Å². The van der Waals surface area contributed by atoms with Crippen LogP contribution in [0.4, 0.5) is 79.0 Å². The Morgan fingerprint density at radius 1 is 0.377 bits per heavy atom. The van der Waals surface area contributed by atoms with Crippen LogP contribution in [0.15, 0.2) is 99.6 Å². The van der Waals surface area contributed by atoms with Gasteiger partial charge >= 0.3 is 66.8 Å². The Kier molecular flexibility index (Phi) is 11.0. The van der Waals surface area contributed by atoms with E-state index in [1.165, 1.54) is 0 Å². The third kappa shape index (κ3) is 6.85. The lowest BCUT2D eigenvalue weighted by molar-refractivity contribution is -0.382. The molecule has 0 unspecified atom stereocenters. The molecule has 0 aromatic heterocycles. The van der Waals surface area contributed by atoms with Crippen LogP contribution < -0.4 is 4.18 Å². The monoisotopic (exact) mass is 860 g/mol. The lowest BCUT2D eigenvalue weighted by Gasteiger charge is -2.41. The van der Waals surface area contributed by atoms with Crippen molar-refractivity contribution in [3.8, 4) is 5.75 Å². The quantitative estimate of drug-likeness (QED) is 0.126. The first-order chi connectivity index (χ1) is 23.6.